The van der Waals surface area contributed by atoms with Crippen molar-refractivity contribution in [1.82, 2.24) is 10.3 Å². The lowest BCUT2D eigenvalue weighted by Crippen LogP contribution is -2.16. The van der Waals surface area contributed by atoms with E-state index in [1.54, 1.807) is 0 Å². The standard InChI is InChI=1S/C17H19BrN2O/c1-12-7-17(14(9-19-12)10-20-16-5-6-16)21-11-13-3-2-4-15(18)8-13/h2-4,7-9,16,20H,5-6,10-11H2,1H3. The van der Waals surface area contributed by atoms with Gasteiger partial charge in [0.1, 0.15) is 12.4 Å². The van der Waals surface area contributed by atoms with Crippen LogP contribution in [0.15, 0.2) is 41.0 Å². The quantitative estimate of drug-likeness (QED) is 0.858. The van der Waals surface area contributed by atoms with E-state index < -0.39 is 0 Å². The van der Waals surface area contributed by atoms with Gasteiger partial charge >= 0.3 is 0 Å². The predicted octanol–water partition coefficient (Wildman–Crippen LogP) is 3.98. The zero-order valence-corrected chi connectivity index (χ0v) is 13.7. The topological polar surface area (TPSA) is 34.1 Å². The fourth-order valence-corrected chi connectivity index (χ4v) is 2.61. The third-order valence-electron chi connectivity index (χ3n) is 3.52. The molecule has 0 saturated heterocycles. The third kappa shape index (κ3) is 4.29. The lowest BCUT2D eigenvalue weighted by atomic mass is 10.2. The maximum Gasteiger partial charge on any atom is 0.127 e. The fraction of sp³-hybridized carbons (Fsp3) is 0.353. The molecule has 4 heteroatoms. The zero-order valence-electron chi connectivity index (χ0n) is 12.1. The molecule has 21 heavy (non-hydrogen) atoms. The largest absolute Gasteiger partial charge is 0.488 e. The summed E-state index contributed by atoms with van der Waals surface area (Å²) < 4.78 is 7.09. The molecule has 1 aromatic heterocycles. The minimum atomic E-state index is 0.569. The van der Waals surface area contributed by atoms with E-state index >= 15 is 0 Å². The highest BCUT2D eigenvalue weighted by molar-refractivity contribution is 9.10. The van der Waals surface area contributed by atoms with Crippen LogP contribution in [0.3, 0.4) is 0 Å². The molecule has 0 atom stereocenters. The second-order valence-corrected chi connectivity index (χ2v) is 6.42. The van der Waals surface area contributed by atoms with Crippen molar-refractivity contribution < 1.29 is 4.74 Å². The third-order valence-corrected chi connectivity index (χ3v) is 4.02. The van der Waals surface area contributed by atoms with Crippen molar-refractivity contribution in [3.63, 3.8) is 0 Å². The van der Waals surface area contributed by atoms with Gasteiger partial charge in [0, 0.05) is 40.6 Å². The summed E-state index contributed by atoms with van der Waals surface area (Å²) >= 11 is 3.49. The predicted molar refractivity (Wildman–Crippen MR) is 87.3 cm³/mol. The van der Waals surface area contributed by atoms with Crippen molar-refractivity contribution in [2.45, 2.75) is 39.0 Å². The number of nitrogens with zero attached hydrogens (tertiary/aromatic N) is 1. The molecule has 1 saturated carbocycles. The lowest BCUT2D eigenvalue weighted by Gasteiger charge is -2.13. The Morgan fingerprint density at radius 2 is 2.19 bits per heavy atom. The summed E-state index contributed by atoms with van der Waals surface area (Å²) in [6, 6.07) is 10.9. The van der Waals surface area contributed by atoms with E-state index in [1.165, 1.54) is 12.8 Å². The summed E-state index contributed by atoms with van der Waals surface area (Å²) in [5, 5.41) is 3.51. The Morgan fingerprint density at radius 1 is 1.33 bits per heavy atom. The van der Waals surface area contributed by atoms with Gasteiger partial charge < -0.3 is 10.1 Å². The molecule has 1 aliphatic carbocycles. The van der Waals surface area contributed by atoms with Crippen molar-refractivity contribution >= 4 is 15.9 Å². The number of nitrogens with one attached hydrogen (secondary N) is 1. The number of rotatable bonds is 6. The monoisotopic (exact) mass is 346 g/mol. The van der Waals surface area contributed by atoms with Crippen molar-refractivity contribution in [2.24, 2.45) is 0 Å². The number of hydrogen-bond donors (Lipinski definition) is 1. The van der Waals surface area contributed by atoms with Gasteiger partial charge in [-0.05, 0) is 37.5 Å². The van der Waals surface area contributed by atoms with Crippen LogP contribution < -0.4 is 10.1 Å². The first kappa shape index (κ1) is 14.5. The van der Waals surface area contributed by atoms with Crippen molar-refractivity contribution in [1.29, 1.82) is 0 Å². The normalized spacial score (nSPS) is 14.2. The van der Waals surface area contributed by atoms with Crippen LogP contribution in [0.4, 0.5) is 0 Å². The number of pyridine rings is 1. The molecule has 0 spiro atoms. The number of benzene rings is 1. The molecule has 1 N–H and O–H groups in total. The highest BCUT2D eigenvalue weighted by Crippen LogP contribution is 2.24. The summed E-state index contributed by atoms with van der Waals surface area (Å²) in [5.74, 6) is 0.927. The Balaban J connectivity index is 1.68. The van der Waals surface area contributed by atoms with Gasteiger partial charge in [-0.3, -0.25) is 4.98 Å². The molecular formula is C17H19BrN2O. The molecule has 0 bridgehead atoms. The first-order valence-corrected chi connectivity index (χ1v) is 8.06. The van der Waals surface area contributed by atoms with Crippen LogP contribution in [-0.2, 0) is 13.2 Å². The van der Waals surface area contributed by atoms with E-state index in [-0.39, 0.29) is 0 Å². The van der Waals surface area contributed by atoms with Crippen LogP contribution in [0, 0.1) is 6.92 Å². The molecule has 1 aromatic carbocycles. The minimum Gasteiger partial charge on any atom is -0.488 e. The van der Waals surface area contributed by atoms with E-state index in [1.807, 2.05) is 31.3 Å². The van der Waals surface area contributed by atoms with E-state index in [9.17, 15) is 0 Å². The number of aryl methyl sites for hydroxylation is 1. The van der Waals surface area contributed by atoms with Gasteiger partial charge in [0.2, 0.25) is 0 Å². The number of ether oxygens (including phenoxy) is 1. The maximum absolute atomic E-state index is 6.01. The van der Waals surface area contributed by atoms with Crippen LogP contribution in [0.25, 0.3) is 0 Å². The Bertz CT molecular complexity index is 626. The van der Waals surface area contributed by atoms with E-state index in [2.05, 4.69) is 38.4 Å². The fourth-order valence-electron chi connectivity index (χ4n) is 2.16. The van der Waals surface area contributed by atoms with Crippen LogP contribution in [0.2, 0.25) is 0 Å². The molecule has 1 aliphatic rings. The lowest BCUT2D eigenvalue weighted by molar-refractivity contribution is 0.301. The molecule has 1 fully saturated rings. The van der Waals surface area contributed by atoms with Crippen molar-refractivity contribution in [3.05, 3.63) is 57.8 Å². The summed E-state index contributed by atoms with van der Waals surface area (Å²) in [5.41, 5.74) is 3.26. The first-order valence-electron chi connectivity index (χ1n) is 7.27. The molecule has 1 heterocycles. The van der Waals surface area contributed by atoms with Gasteiger partial charge in [-0.15, -0.1) is 0 Å². The van der Waals surface area contributed by atoms with E-state index in [0.29, 0.717) is 12.6 Å². The Morgan fingerprint density at radius 3 is 2.95 bits per heavy atom. The summed E-state index contributed by atoms with van der Waals surface area (Å²) in [6.07, 6.45) is 4.49. The first-order chi connectivity index (χ1) is 10.2. The van der Waals surface area contributed by atoms with Crippen LogP contribution in [-0.4, -0.2) is 11.0 Å². The van der Waals surface area contributed by atoms with Gasteiger partial charge in [0.15, 0.2) is 0 Å². The van der Waals surface area contributed by atoms with E-state index in [0.717, 1.165) is 33.6 Å². The highest BCUT2D eigenvalue weighted by Gasteiger charge is 2.20. The van der Waals surface area contributed by atoms with Gasteiger partial charge in [-0.2, -0.15) is 0 Å². The maximum atomic E-state index is 6.01. The second-order valence-electron chi connectivity index (χ2n) is 5.51. The molecule has 0 unspecified atom stereocenters. The van der Waals surface area contributed by atoms with E-state index in [4.69, 9.17) is 4.74 Å². The number of hydrogen-bond acceptors (Lipinski definition) is 3. The Labute approximate surface area is 133 Å². The zero-order chi connectivity index (χ0) is 14.7. The molecule has 0 amide bonds. The molecule has 2 aromatic rings. The van der Waals surface area contributed by atoms with Crippen LogP contribution in [0.1, 0.15) is 29.7 Å². The molecule has 0 radical (unpaired) electrons. The minimum absolute atomic E-state index is 0.569. The molecule has 3 rings (SSSR count). The highest BCUT2D eigenvalue weighted by atomic mass is 79.9. The van der Waals surface area contributed by atoms with Gasteiger partial charge in [-0.25, -0.2) is 0 Å². The molecular weight excluding hydrogens is 328 g/mol. The Hall–Kier alpha value is -1.39. The van der Waals surface area contributed by atoms with Gasteiger partial charge in [0.05, 0.1) is 0 Å². The number of aromatic nitrogens is 1. The SMILES string of the molecule is Cc1cc(OCc2cccc(Br)c2)c(CNC2CC2)cn1. The molecule has 3 nitrogen and oxygen atoms in total. The smallest absolute Gasteiger partial charge is 0.127 e. The van der Waals surface area contributed by atoms with Crippen LogP contribution in [0.5, 0.6) is 5.75 Å². The Kier molecular flexibility index (Phi) is 4.56. The summed E-state index contributed by atoms with van der Waals surface area (Å²) in [4.78, 5) is 4.38. The average molecular weight is 347 g/mol. The molecule has 110 valence electrons. The average Bonchev–Trinajstić information content (AvgIpc) is 3.28. The molecule has 0 aliphatic heterocycles. The van der Waals surface area contributed by atoms with Gasteiger partial charge in [0.25, 0.3) is 0 Å². The van der Waals surface area contributed by atoms with Gasteiger partial charge in [-0.1, -0.05) is 28.1 Å². The summed E-state index contributed by atoms with van der Waals surface area (Å²) in [6.45, 7) is 3.38. The van der Waals surface area contributed by atoms with Crippen molar-refractivity contribution in [3.8, 4) is 5.75 Å². The summed E-state index contributed by atoms with van der Waals surface area (Å²) in [7, 11) is 0. The van der Waals surface area contributed by atoms with Crippen LogP contribution >= 0.6 is 15.9 Å². The number of halogens is 1. The second kappa shape index (κ2) is 6.58. The van der Waals surface area contributed by atoms with Crippen molar-refractivity contribution in [2.75, 3.05) is 0 Å².